The minimum atomic E-state index is -1.37. The lowest BCUT2D eigenvalue weighted by molar-refractivity contribution is 0.0793. The summed E-state index contributed by atoms with van der Waals surface area (Å²) in [6.07, 6.45) is 2.29. The van der Waals surface area contributed by atoms with E-state index in [2.05, 4.69) is 17.2 Å². The molecule has 0 aromatic heterocycles. The number of hydrogen-bond donors (Lipinski definition) is 2. The number of alkyl halides is 2. The highest BCUT2D eigenvalue weighted by atomic mass is 35.5. The number of carbonyl (C=O) groups excluding carboxylic acids is 4. The van der Waals surface area contributed by atoms with Crippen molar-refractivity contribution >= 4 is 52.7 Å². The van der Waals surface area contributed by atoms with Crippen LogP contribution in [-0.4, -0.2) is 38.8 Å². The minimum Gasteiger partial charge on any atom is -0.340 e. The zero-order valence-corrected chi connectivity index (χ0v) is 29.6. The Labute approximate surface area is 302 Å². The fraction of sp³-hybridized carbons (Fsp3) is 0.231. The molecule has 5 rings (SSSR count). The van der Waals surface area contributed by atoms with E-state index in [9.17, 15) is 36.7 Å². The first-order valence-corrected chi connectivity index (χ1v) is 16.4. The highest BCUT2D eigenvalue weighted by Crippen LogP contribution is 2.59. The third-order valence-electron chi connectivity index (χ3n) is 8.18. The summed E-state index contributed by atoms with van der Waals surface area (Å²) < 4.78 is 54.2. The van der Waals surface area contributed by atoms with E-state index >= 15 is 0 Å². The van der Waals surface area contributed by atoms with Crippen molar-refractivity contribution in [3.8, 4) is 0 Å². The van der Waals surface area contributed by atoms with Gasteiger partial charge in [-0.1, -0.05) is 73.3 Å². The predicted molar refractivity (Wildman–Crippen MR) is 189 cm³/mol. The van der Waals surface area contributed by atoms with Crippen LogP contribution in [0.1, 0.15) is 92.6 Å². The van der Waals surface area contributed by atoms with Gasteiger partial charge >= 0.3 is 0 Å². The van der Waals surface area contributed by atoms with Crippen molar-refractivity contribution in [1.29, 1.82) is 0 Å². The molecule has 1 atom stereocenters. The van der Waals surface area contributed by atoms with Crippen molar-refractivity contribution in [1.82, 2.24) is 10.6 Å². The van der Waals surface area contributed by atoms with Crippen molar-refractivity contribution in [2.24, 2.45) is 0 Å². The van der Waals surface area contributed by atoms with Crippen LogP contribution in [0.5, 0.6) is 0 Å². The molecular weight excluding hydrogens is 707 g/mol. The highest BCUT2D eigenvalue weighted by molar-refractivity contribution is 6.51. The zero-order valence-electron chi connectivity index (χ0n) is 28.1. The van der Waals surface area contributed by atoms with E-state index in [-0.39, 0.29) is 11.7 Å². The van der Waals surface area contributed by atoms with Gasteiger partial charge in [-0.15, -0.1) is 23.2 Å². The van der Waals surface area contributed by atoms with Crippen molar-refractivity contribution in [3.63, 3.8) is 0 Å². The Balaban J connectivity index is 0.000000230. The summed E-state index contributed by atoms with van der Waals surface area (Å²) in [6, 6.07) is 19.7. The van der Waals surface area contributed by atoms with Gasteiger partial charge in [-0.25, -0.2) is 17.6 Å². The monoisotopic (exact) mass is 740 g/mol. The van der Waals surface area contributed by atoms with Gasteiger partial charge in [-0.05, 0) is 69.5 Å². The molecule has 51 heavy (non-hydrogen) atoms. The molecule has 1 aliphatic rings. The second-order valence-corrected chi connectivity index (χ2v) is 14.5. The van der Waals surface area contributed by atoms with Crippen LogP contribution in [0, 0.1) is 23.3 Å². The third kappa shape index (κ3) is 9.11. The van der Waals surface area contributed by atoms with Crippen LogP contribution in [0.4, 0.5) is 17.6 Å². The van der Waals surface area contributed by atoms with Gasteiger partial charge in [0.1, 0.15) is 38.7 Å². The maximum Gasteiger partial charge on any atom is 0.258 e. The normalized spacial score (nSPS) is 14.7. The summed E-state index contributed by atoms with van der Waals surface area (Å²) in [6.45, 7) is 9.54. The van der Waals surface area contributed by atoms with Crippen LogP contribution < -0.4 is 10.6 Å². The van der Waals surface area contributed by atoms with E-state index in [1.54, 1.807) is 54.6 Å². The Morgan fingerprint density at radius 3 is 1.31 bits per heavy atom. The van der Waals surface area contributed by atoms with Crippen LogP contribution in [-0.2, 0) is 0 Å². The number of halogens is 6. The predicted octanol–water partition coefficient (Wildman–Crippen LogP) is 9.02. The molecule has 12 heteroatoms. The second-order valence-electron chi connectivity index (χ2n) is 13.0. The summed E-state index contributed by atoms with van der Waals surface area (Å²) >= 11 is 12.1. The zero-order chi connectivity index (χ0) is 37.9. The van der Waals surface area contributed by atoms with Crippen LogP contribution in [0.2, 0.25) is 0 Å². The number of carbonyl (C=O) groups is 4. The van der Waals surface area contributed by atoms with Gasteiger partial charge < -0.3 is 10.6 Å². The molecule has 1 fully saturated rings. The maximum absolute atomic E-state index is 13.8. The number of nitrogens with one attached hydrogen (secondary N) is 2. The first-order chi connectivity index (χ1) is 23.8. The van der Waals surface area contributed by atoms with Crippen LogP contribution in [0.15, 0.2) is 91.5 Å². The van der Waals surface area contributed by atoms with Gasteiger partial charge in [-0.3, -0.25) is 19.2 Å². The van der Waals surface area contributed by atoms with Crippen molar-refractivity contribution in [3.05, 3.63) is 148 Å². The molecule has 0 saturated heterocycles. The summed E-state index contributed by atoms with van der Waals surface area (Å²) in [5.74, 6) is -6.65. The Bertz CT molecular complexity index is 1960. The third-order valence-corrected chi connectivity index (χ3v) is 9.01. The van der Waals surface area contributed by atoms with E-state index in [0.717, 1.165) is 41.5 Å². The molecule has 1 unspecified atom stereocenters. The van der Waals surface area contributed by atoms with E-state index < -0.39 is 67.4 Å². The van der Waals surface area contributed by atoms with Gasteiger partial charge in [0.15, 0.2) is 11.6 Å². The topological polar surface area (TPSA) is 92.3 Å². The molecule has 0 radical (unpaired) electrons. The fourth-order valence-electron chi connectivity index (χ4n) is 5.17. The second kappa shape index (κ2) is 15.2. The molecular formula is C39H34Cl2F4N2O4. The summed E-state index contributed by atoms with van der Waals surface area (Å²) in [5.41, 5.74) is -1.62. The van der Waals surface area contributed by atoms with Crippen molar-refractivity contribution in [2.75, 3.05) is 0 Å². The molecule has 0 heterocycles. The van der Waals surface area contributed by atoms with E-state index in [1.165, 1.54) is 33.8 Å². The van der Waals surface area contributed by atoms with E-state index in [4.69, 9.17) is 23.2 Å². The highest BCUT2D eigenvalue weighted by Gasteiger charge is 2.52. The molecule has 2 amide bonds. The SMILES string of the molecule is C=Cc1ccc(C(=O)C(C)(C)NC(=O)c2c(F)cccc2F)cc1.CC(C)(NC(=O)c1c(F)cccc1F)C(=O)c1ccc(C2CC2(Cl)Cl)cc1. The minimum absolute atomic E-state index is 0.0294. The Morgan fingerprint density at radius 1 is 0.667 bits per heavy atom. The van der Waals surface area contributed by atoms with Crippen molar-refractivity contribution in [2.45, 2.75) is 55.4 Å². The van der Waals surface area contributed by atoms with E-state index in [0.29, 0.717) is 17.5 Å². The number of ketones is 2. The first-order valence-electron chi connectivity index (χ1n) is 15.6. The van der Waals surface area contributed by atoms with E-state index in [1.807, 2.05) is 0 Å². The molecule has 0 bridgehead atoms. The van der Waals surface area contributed by atoms with Gasteiger partial charge in [0.05, 0.1) is 11.1 Å². The largest absolute Gasteiger partial charge is 0.340 e. The molecule has 0 aliphatic heterocycles. The number of rotatable bonds is 10. The van der Waals surface area contributed by atoms with Crippen LogP contribution in [0.25, 0.3) is 6.08 Å². The molecule has 4 aromatic rings. The Kier molecular flexibility index (Phi) is 11.6. The van der Waals surface area contributed by atoms with Gasteiger partial charge in [0, 0.05) is 17.0 Å². The fourth-order valence-corrected chi connectivity index (χ4v) is 5.73. The number of amides is 2. The van der Waals surface area contributed by atoms with Gasteiger partial charge in [0.2, 0.25) is 0 Å². The summed E-state index contributed by atoms with van der Waals surface area (Å²) in [7, 11) is 0. The van der Waals surface area contributed by atoms with Crippen LogP contribution >= 0.6 is 23.2 Å². The van der Waals surface area contributed by atoms with Crippen LogP contribution in [0.3, 0.4) is 0 Å². The number of Topliss-reactive ketones (excluding diaryl/α,β-unsaturated/α-hetero) is 2. The molecule has 266 valence electrons. The lowest BCUT2D eigenvalue weighted by Crippen LogP contribution is -2.50. The van der Waals surface area contributed by atoms with Gasteiger partial charge in [-0.2, -0.15) is 0 Å². The first kappa shape index (κ1) is 39.0. The Morgan fingerprint density at radius 2 is 1.00 bits per heavy atom. The molecule has 4 aromatic carbocycles. The molecule has 1 aliphatic carbocycles. The summed E-state index contributed by atoms with van der Waals surface area (Å²) in [4.78, 5) is 49.8. The van der Waals surface area contributed by atoms with Gasteiger partial charge in [0.25, 0.3) is 11.8 Å². The lowest BCUT2D eigenvalue weighted by atomic mass is 9.91. The molecule has 1 saturated carbocycles. The molecule has 2 N–H and O–H groups in total. The Hall–Kier alpha value is -4.80. The molecule has 6 nitrogen and oxygen atoms in total. The summed E-state index contributed by atoms with van der Waals surface area (Å²) in [5, 5.41) is 4.80. The smallest absolute Gasteiger partial charge is 0.258 e. The standard InChI is InChI=1S/C20H17Cl2F2NO2.C19H17F2NO2/c1-19(2,25-18(27)16-14(23)4-3-5-15(16)24)17(26)12-8-6-11(7-9-12)13-10-20(13,21)22;1-4-12-8-10-13(11-9-12)17(23)19(2,3)22-18(24)16-14(20)6-5-7-15(16)21/h3-9,13H,10H2,1-2H3,(H,25,27);4-11H,1H2,2-3H3,(H,22,24). The number of benzene rings is 4. The lowest BCUT2D eigenvalue weighted by Gasteiger charge is -2.25. The molecule has 0 spiro atoms. The maximum atomic E-state index is 13.8. The quantitative estimate of drug-likeness (QED) is 0.0965. The van der Waals surface area contributed by atoms with Crippen molar-refractivity contribution < 1.29 is 36.7 Å². The average molecular weight is 742 g/mol. The average Bonchev–Trinajstić information content (AvgIpc) is 3.71. The number of hydrogen-bond acceptors (Lipinski definition) is 4.